The van der Waals surface area contributed by atoms with Gasteiger partial charge in [-0.2, -0.15) is 0 Å². The summed E-state index contributed by atoms with van der Waals surface area (Å²) in [6.45, 7) is 0. The highest BCUT2D eigenvalue weighted by Crippen LogP contribution is 2.57. The SMILES string of the molecule is c1ccc(-c2ccc(N(c3ccc4c(c3)oc3cc5c(cc34)-c3ccccc3C5(c3ccccc3)c3ccccc3)c3ccc4sc5ccccc5c4c3)cc2)cc1. The van der Waals surface area contributed by atoms with Gasteiger partial charge in [-0.15, -0.1) is 11.3 Å². The molecule has 0 fully saturated rings. The maximum absolute atomic E-state index is 6.97. The number of rotatable bonds is 6. The fourth-order valence-electron chi connectivity index (χ4n) is 9.57. The first kappa shape index (κ1) is 33.0. The summed E-state index contributed by atoms with van der Waals surface area (Å²) in [4.78, 5) is 2.36. The smallest absolute Gasteiger partial charge is 0.137 e. The molecule has 0 unspecified atom stereocenters. The van der Waals surface area contributed by atoms with Crippen LogP contribution in [0.15, 0.2) is 217 Å². The molecule has 58 heavy (non-hydrogen) atoms. The van der Waals surface area contributed by atoms with E-state index in [1.807, 2.05) is 11.3 Å². The Balaban J connectivity index is 1.06. The lowest BCUT2D eigenvalue weighted by atomic mass is 9.67. The van der Waals surface area contributed by atoms with Gasteiger partial charge in [-0.25, -0.2) is 0 Å². The molecule has 2 nitrogen and oxygen atoms in total. The van der Waals surface area contributed by atoms with Gasteiger partial charge in [-0.3, -0.25) is 0 Å². The molecule has 0 spiro atoms. The molecule has 0 N–H and O–H groups in total. The molecule has 0 bridgehead atoms. The predicted molar refractivity (Wildman–Crippen MR) is 244 cm³/mol. The Morgan fingerprint density at radius 3 is 1.72 bits per heavy atom. The van der Waals surface area contributed by atoms with E-state index in [1.165, 1.54) is 64.7 Å². The second kappa shape index (κ2) is 12.9. The van der Waals surface area contributed by atoms with Gasteiger partial charge in [0.15, 0.2) is 0 Å². The van der Waals surface area contributed by atoms with E-state index in [0.29, 0.717) is 0 Å². The van der Waals surface area contributed by atoms with Gasteiger partial charge in [-0.1, -0.05) is 146 Å². The number of nitrogens with zero attached hydrogens (tertiary/aromatic N) is 1. The minimum absolute atomic E-state index is 0.486. The van der Waals surface area contributed by atoms with Gasteiger partial charge in [0.25, 0.3) is 0 Å². The van der Waals surface area contributed by atoms with Gasteiger partial charge in [-0.05, 0) is 105 Å². The Morgan fingerprint density at radius 1 is 0.362 bits per heavy atom. The molecule has 272 valence electrons. The van der Waals surface area contributed by atoms with E-state index >= 15 is 0 Å². The predicted octanol–water partition coefficient (Wildman–Crippen LogP) is 15.5. The Kier molecular flexibility index (Phi) is 7.35. The number of hydrogen-bond acceptors (Lipinski definition) is 3. The fourth-order valence-corrected chi connectivity index (χ4v) is 10.7. The summed E-state index contributed by atoms with van der Waals surface area (Å²) in [6.07, 6.45) is 0. The van der Waals surface area contributed by atoms with Gasteiger partial charge in [0.05, 0.1) is 5.41 Å². The van der Waals surface area contributed by atoms with E-state index < -0.39 is 5.41 Å². The fraction of sp³-hybridized carbons (Fsp3) is 0.0182. The van der Waals surface area contributed by atoms with Gasteiger partial charge >= 0.3 is 0 Å². The molecule has 0 aliphatic heterocycles. The van der Waals surface area contributed by atoms with E-state index in [-0.39, 0.29) is 0 Å². The quantitative estimate of drug-likeness (QED) is 0.168. The van der Waals surface area contributed by atoms with Crippen LogP contribution < -0.4 is 4.90 Å². The second-order valence-electron chi connectivity index (χ2n) is 15.2. The highest BCUT2D eigenvalue weighted by molar-refractivity contribution is 7.25. The van der Waals surface area contributed by atoms with Crippen LogP contribution in [-0.4, -0.2) is 0 Å². The van der Waals surface area contributed by atoms with Crippen LogP contribution in [0, 0.1) is 0 Å². The highest BCUT2D eigenvalue weighted by atomic mass is 32.1. The third kappa shape index (κ3) is 4.90. The number of thiophene rings is 1. The van der Waals surface area contributed by atoms with E-state index in [1.54, 1.807) is 0 Å². The summed E-state index contributed by atoms with van der Waals surface area (Å²) < 4.78 is 9.56. The first-order valence-electron chi connectivity index (χ1n) is 19.8. The summed E-state index contributed by atoms with van der Waals surface area (Å²) in [5.74, 6) is 0. The molecular formula is C55H35NOS. The van der Waals surface area contributed by atoms with Crippen LogP contribution in [0.5, 0.6) is 0 Å². The van der Waals surface area contributed by atoms with Crippen LogP contribution >= 0.6 is 11.3 Å². The first-order valence-corrected chi connectivity index (χ1v) is 20.6. The number of benzene rings is 9. The van der Waals surface area contributed by atoms with Crippen LogP contribution in [0.2, 0.25) is 0 Å². The summed E-state index contributed by atoms with van der Waals surface area (Å²) in [5, 5.41) is 4.78. The molecule has 1 aliphatic rings. The van der Waals surface area contributed by atoms with Crippen molar-refractivity contribution in [3.63, 3.8) is 0 Å². The molecule has 0 saturated carbocycles. The monoisotopic (exact) mass is 757 g/mol. The zero-order chi connectivity index (χ0) is 38.2. The average molecular weight is 758 g/mol. The van der Waals surface area contributed by atoms with Crippen molar-refractivity contribution < 1.29 is 4.42 Å². The Morgan fingerprint density at radius 2 is 0.948 bits per heavy atom. The van der Waals surface area contributed by atoms with Crippen LogP contribution in [0.1, 0.15) is 22.3 Å². The number of fused-ring (bicyclic) bond motifs is 9. The summed E-state index contributed by atoms with van der Waals surface area (Å²) in [5.41, 5.74) is 14.4. The summed E-state index contributed by atoms with van der Waals surface area (Å²) in [7, 11) is 0. The molecule has 3 heteroatoms. The van der Waals surface area contributed by atoms with E-state index in [2.05, 4.69) is 217 Å². The van der Waals surface area contributed by atoms with Crippen molar-refractivity contribution in [3.05, 3.63) is 235 Å². The van der Waals surface area contributed by atoms with Gasteiger partial charge in [0, 0.05) is 54.1 Å². The normalized spacial score (nSPS) is 13.0. The van der Waals surface area contributed by atoms with E-state index in [4.69, 9.17) is 4.42 Å². The van der Waals surface area contributed by atoms with Crippen molar-refractivity contribution >= 4 is 70.5 Å². The molecular weight excluding hydrogens is 723 g/mol. The molecule has 1 aliphatic carbocycles. The number of anilines is 3. The largest absolute Gasteiger partial charge is 0.456 e. The molecule has 2 aromatic heterocycles. The van der Waals surface area contributed by atoms with Crippen LogP contribution in [0.4, 0.5) is 17.1 Å². The highest BCUT2D eigenvalue weighted by Gasteiger charge is 2.46. The van der Waals surface area contributed by atoms with Crippen molar-refractivity contribution in [2.45, 2.75) is 5.41 Å². The minimum Gasteiger partial charge on any atom is -0.456 e. The van der Waals surface area contributed by atoms with Crippen molar-refractivity contribution in [2.75, 3.05) is 4.90 Å². The average Bonchev–Trinajstić information content (AvgIpc) is 3.94. The standard InChI is InChI=1S/C55H35NOS/c1-4-14-36(15-5-1)37-24-26-40(27-25-37)56(41-29-31-54-48(32-41)45-21-11-13-23-53(45)58-54)42-28-30-44-47-34-46-43-20-10-12-22-49(43)55(38-16-6-2-7-17-38,39-18-8-3-9-19-39)50(46)35-52(47)57-51(44)33-42/h1-35H. The Labute approximate surface area is 340 Å². The van der Waals surface area contributed by atoms with Crippen molar-refractivity contribution in [1.29, 1.82) is 0 Å². The lowest BCUT2D eigenvalue weighted by molar-refractivity contribution is 0.666. The molecule has 12 rings (SSSR count). The number of furan rings is 1. The molecule has 0 radical (unpaired) electrons. The maximum Gasteiger partial charge on any atom is 0.137 e. The van der Waals surface area contributed by atoms with Gasteiger partial charge in [0.2, 0.25) is 0 Å². The van der Waals surface area contributed by atoms with Gasteiger partial charge in [0.1, 0.15) is 11.2 Å². The second-order valence-corrected chi connectivity index (χ2v) is 16.3. The van der Waals surface area contributed by atoms with Crippen LogP contribution in [-0.2, 0) is 5.41 Å². The summed E-state index contributed by atoms with van der Waals surface area (Å²) in [6, 6.07) is 77.3. The minimum atomic E-state index is -0.486. The molecule has 9 aromatic carbocycles. The third-order valence-electron chi connectivity index (χ3n) is 12.1. The molecule has 0 atom stereocenters. The molecule has 0 amide bonds. The van der Waals surface area contributed by atoms with Gasteiger partial charge < -0.3 is 9.32 Å². The zero-order valence-corrected chi connectivity index (χ0v) is 32.3. The lowest BCUT2D eigenvalue weighted by Gasteiger charge is -2.33. The van der Waals surface area contributed by atoms with E-state index in [9.17, 15) is 0 Å². The molecule has 2 heterocycles. The van der Waals surface area contributed by atoms with E-state index in [0.717, 1.165) is 39.0 Å². The number of hydrogen-bond donors (Lipinski definition) is 0. The third-order valence-corrected chi connectivity index (χ3v) is 13.3. The first-order chi connectivity index (χ1) is 28.7. The lowest BCUT2D eigenvalue weighted by Crippen LogP contribution is -2.28. The topological polar surface area (TPSA) is 16.4 Å². The molecule has 11 aromatic rings. The van der Waals surface area contributed by atoms with Crippen molar-refractivity contribution in [3.8, 4) is 22.3 Å². The zero-order valence-electron chi connectivity index (χ0n) is 31.5. The van der Waals surface area contributed by atoms with Crippen molar-refractivity contribution in [1.82, 2.24) is 0 Å². The van der Waals surface area contributed by atoms with Crippen molar-refractivity contribution in [2.24, 2.45) is 0 Å². The summed E-state index contributed by atoms with van der Waals surface area (Å²) >= 11 is 1.85. The Bertz CT molecular complexity index is 3290. The Hall–Kier alpha value is -7.20. The maximum atomic E-state index is 6.97. The molecule has 0 saturated heterocycles. The van der Waals surface area contributed by atoms with Crippen LogP contribution in [0.3, 0.4) is 0 Å². The van der Waals surface area contributed by atoms with Crippen LogP contribution in [0.25, 0.3) is 64.4 Å².